The maximum atomic E-state index is 12.8. The zero-order valence-corrected chi connectivity index (χ0v) is 18.3. The normalized spacial score (nSPS) is 18.1. The van der Waals surface area contributed by atoms with Gasteiger partial charge in [-0.1, -0.05) is 33.1 Å². The fraction of sp³-hybridized carbons (Fsp3) is 0.652. The average Bonchev–Trinajstić information content (AvgIpc) is 3.10. The molecule has 0 aromatic carbocycles. The van der Waals surface area contributed by atoms with Gasteiger partial charge in [-0.2, -0.15) is 5.10 Å². The number of ether oxygens (including phenoxy) is 2. The van der Waals surface area contributed by atoms with Crippen molar-refractivity contribution in [2.45, 2.75) is 59.0 Å². The first kappa shape index (κ1) is 21.8. The van der Waals surface area contributed by atoms with Crippen LogP contribution in [0.2, 0.25) is 0 Å². The molecule has 1 saturated heterocycles. The lowest BCUT2D eigenvalue weighted by molar-refractivity contribution is -0.0875. The van der Waals surface area contributed by atoms with Crippen molar-refractivity contribution in [1.29, 1.82) is 0 Å². The third-order valence-electron chi connectivity index (χ3n) is 5.62. The summed E-state index contributed by atoms with van der Waals surface area (Å²) in [5.41, 5.74) is 1.46. The van der Waals surface area contributed by atoms with Crippen LogP contribution in [0.25, 0.3) is 5.52 Å². The molecular weight excluding hydrogens is 366 g/mol. The zero-order chi connectivity index (χ0) is 20.9. The first-order valence-electron chi connectivity index (χ1n) is 10.9. The van der Waals surface area contributed by atoms with Crippen molar-refractivity contribution in [2.24, 2.45) is 5.92 Å². The Balaban J connectivity index is 1.56. The number of hydrogen-bond donors (Lipinski definition) is 0. The highest BCUT2D eigenvalue weighted by Gasteiger charge is 2.26. The van der Waals surface area contributed by atoms with Crippen LogP contribution < -0.4 is 4.74 Å². The van der Waals surface area contributed by atoms with Gasteiger partial charge in [0.15, 0.2) is 5.78 Å². The van der Waals surface area contributed by atoms with Crippen LogP contribution in [0.15, 0.2) is 24.5 Å². The molecular formula is C23H35N3O3. The van der Waals surface area contributed by atoms with Crippen LogP contribution in [-0.4, -0.2) is 58.7 Å². The predicted octanol–water partition coefficient (Wildman–Crippen LogP) is 4.22. The van der Waals surface area contributed by atoms with E-state index < -0.39 is 0 Å². The Hall–Kier alpha value is -1.92. The molecule has 1 unspecified atom stereocenters. The molecule has 0 radical (unpaired) electrons. The second-order valence-electron chi connectivity index (χ2n) is 8.75. The standard InChI is InChI=1S/C23H35N3O3/c1-5-6-7-8-18(2)22(27)20-15-24-26-16-19(9-10-21(20)26)28-13-11-25-12-14-29-23(3,4)17-25/h9-10,15-16,18H,5-8,11-14,17H2,1-4H3. The lowest BCUT2D eigenvalue weighted by atomic mass is 9.95. The molecule has 3 rings (SSSR count). The molecule has 0 saturated carbocycles. The summed E-state index contributed by atoms with van der Waals surface area (Å²) in [5.74, 6) is 0.978. The van der Waals surface area contributed by atoms with Crippen LogP contribution in [0, 0.1) is 5.92 Å². The van der Waals surface area contributed by atoms with Crippen LogP contribution >= 0.6 is 0 Å². The van der Waals surface area contributed by atoms with Crippen LogP contribution in [0.5, 0.6) is 5.75 Å². The predicted molar refractivity (Wildman–Crippen MR) is 115 cm³/mol. The highest BCUT2D eigenvalue weighted by molar-refractivity contribution is 6.03. The first-order valence-corrected chi connectivity index (χ1v) is 10.9. The van der Waals surface area contributed by atoms with Crippen LogP contribution in [0.1, 0.15) is 63.7 Å². The van der Waals surface area contributed by atoms with Crippen LogP contribution in [-0.2, 0) is 4.74 Å². The average molecular weight is 402 g/mol. The van der Waals surface area contributed by atoms with Gasteiger partial charge in [0.2, 0.25) is 0 Å². The van der Waals surface area contributed by atoms with Crippen molar-refractivity contribution in [1.82, 2.24) is 14.5 Å². The van der Waals surface area contributed by atoms with E-state index in [2.05, 4.69) is 30.8 Å². The second kappa shape index (κ2) is 9.72. The number of carbonyl (C=O) groups excluding carboxylic acids is 1. The van der Waals surface area contributed by atoms with Gasteiger partial charge >= 0.3 is 0 Å². The molecule has 2 aromatic heterocycles. The zero-order valence-electron chi connectivity index (χ0n) is 18.3. The Morgan fingerprint density at radius 3 is 2.93 bits per heavy atom. The molecule has 0 N–H and O–H groups in total. The minimum atomic E-state index is -0.0944. The fourth-order valence-electron chi connectivity index (χ4n) is 3.94. The molecule has 1 aliphatic heterocycles. The second-order valence-corrected chi connectivity index (χ2v) is 8.75. The number of carbonyl (C=O) groups is 1. The van der Waals surface area contributed by atoms with E-state index in [0.29, 0.717) is 12.2 Å². The summed E-state index contributed by atoms with van der Waals surface area (Å²) in [7, 11) is 0. The largest absolute Gasteiger partial charge is 0.491 e. The lowest BCUT2D eigenvalue weighted by Crippen LogP contribution is -2.49. The molecule has 1 atom stereocenters. The molecule has 3 heterocycles. The topological polar surface area (TPSA) is 56.1 Å². The Morgan fingerprint density at radius 2 is 2.17 bits per heavy atom. The van der Waals surface area contributed by atoms with E-state index in [1.165, 1.54) is 12.8 Å². The van der Waals surface area contributed by atoms with E-state index in [9.17, 15) is 4.79 Å². The van der Waals surface area contributed by atoms with Gasteiger partial charge in [0, 0.05) is 25.6 Å². The number of hydrogen-bond acceptors (Lipinski definition) is 5. The van der Waals surface area contributed by atoms with Gasteiger partial charge in [0.1, 0.15) is 12.4 Å². The Kier molecular flexibility index (Phi) is 7.30. The van der Waals surface area contributed by atoms with Crippen molar-refractivity contribution < 1.29 is 14.3 Å². The number of pyridine rings is 1. The summed E-state index contributed by atoms with van der Waals surface area (Å²) in [6.07, 6.45) is 7.92. The highest BCUT2D eigenvalue weighted by Crippen LogP contribution is 2.22. The summed E-state index contributed by atoms with van der Waals surface area (Å²) in [6.45, 7) is 12.5. The molecule has 1 aliphatic rings. The Labute approximate surface area is 174 Å². The molecule has 0 bridgehead atoms. The number of Topliss-reactive ketones (excluding diaryl/α,β-unsaturated/α-hetero) is 1. The number of rotatable bonds is 10. The lowest BCUT2D eigenvalue weighted by Gasteiger charge is -2.38. The first-order chi connectivity index (χ1) is 13.9. The minimum absolute atomic E-state index is 0.0308. The number of unbranched alkanes of at least 4 members (excludes halogenated alkanes) is 2. The van der Waals surface area contributed by atoms with Gasteiger partial charge in [-0.3, -0.25) is 9.69 Å². The maximum absolute atomic E-state index is 12.8. The molecule has 2 aromatic rings. The van der Waals surface area contributed by atoms with Crippen molar-refractivity contribution in [3.05, 3.63) is 30.1 Å². The quantitative estimate of drug-likeness (QED) is 0.441. The van der Waals surface area contributed by atoms with E-state index in [-0.39, 0.29) is 17.3 Å². The monoisotopic (exact) mass is 401 g/mol. The molecule has 0 aliphatic carbocycles. The van der Waals surface area contributed by atoms with E-state index in [1.54, 1.807) is 10.7 Å². The number of ketones is 1. The summed E-state index contributed by atoms with van der Waals surface area (Å²) in [4.78, 5) is 15.2. The van der Waals surface area contributed by atoms with Crippen molar-refractivity contribution in [3.63, 3.8) is 0 Å². The van der Waals surface area contributed by atoms with Crippen LogP contribution in [0.4, 0.5) is 0 Å². The number of fused-ring (bicyclic) bond motifs is 1. The Morgan fingerprint density at radius 1 is 1.34 bits per heavy atom. The highest BCUT2D eigenvalue weighted by atomic mass is 16.5. The third-order valence-corrected chi connectivity index (χ3v) is 5.62. The maximum Gasteiger partial charge on any atom is 0.169 e. The minimum Gasteiger partial charge on any atom is -0.491 e. The molecule has 1 fully saturated rings. The van der Waals surface area contributed by atoms with Gasteiger partial charge in [-0.15, -0.1) is 0 Å². The summed E-state index contributed by atoms with van der Waals surface area (Å²) >= 11 is 0. The van der Waals surface area contributed by atoms with Crippen LogP contribution in [0.3, 0.4) is 0 Å². The molecule has 0 spiro atoms. The van der Waals surface area contributed by atoms with Gasteiger partial charge in [0.05, 0.1) is 35.7 Å². The summed E-state index contributed by atoms with van der Waals surface area (Å²) < 4.78 is 13.4. The van der Waals surface area contributed by atoms with E-state index in [1.807, 2.05) is 25.3 Å². The van der Waals surface area contributed by atoms with Gasteiger partial charge < -0.3 is 9.47 Å². The number of morpholine rings is 1. The van der Waals surface area contributed by atoms with Gasteiger partial charge in [-0.25, -0.2) is 4.52 Å². The number of aromatic nitrogens is 2. The fourth-order valence-corrected chi connectivity index (χ4v) is 3.94. The van der Waals surface area contributed by atoms with E-state index in [0.717, 1.165) is 50.3 Å². The molecule has 29 heavy (non-hydrogen) atoms. The van der Waals surface area contributed by atoms with Gasteiger partial charge in [-0.05, 0) is 32.4 Å². The molecule has 6 nitrogen and oxygen atoms in total. The van der Waals surface area contributed by atoms with E-state index in [4.69, 9.17) is 9.47 Å². The Bertz CT molecular complexity index is 815. The van der Waals surface area contributed by atoms with Gasteiger partial charge in [0.25, 0.3) is 0 Å². The van der Waals surface area contributed by atoms with Crippen molar-refractivity contribution in [2.75, 3.05) is 32.8 Å². The molecule has 160 valence electrons. The number of nitrogens with zero attached hydrogens (tertiary/aromatic N) is 3. The SMILES string of the molecule is CCCCCC(C)C(=O)c1cnn2cc(OCCN3CCOC(C)(C)C3)ccc12. The van der Waals surface area contributed by atoms with Crippen molar-refractivity contribution in [3.8, 4) is 5.75 Å². The summed E-state index contributed by atoms with van der Waals surface area (Å²) in [5, 5.41) is 4.39. The smallest absolute Gasteiger partial charge is 0.169 e. The van der Waals surface area contributed by atoms with E-state index >= 15 is 0 Å². The third kappa shape index (κ3) is 5.80. The van der Waals surface area contributed by atoms with Crippen molar-refractivity contribution >= 4 is 11.3 Å². The molecule has 0 amide bonds. The molecule has 6 heteroatoms. The summed E-state index contributed by atoms with van der Waals surface area (Å²) in [6, 6.07) is 3.87.